The smallest absolute Gasteiger partial charge is 0.246 e. The van der Waals surface area contributed by atoms with Crippen LogP contribution < -0.4 is 4.90 Å². The van der Waals surface area contributed by atoms with Crippen LogP contribution >= 0.6 is 0 Å². The second kappa shape index (κ2) is 6.89. The molecule has 1 aromatic carbocycles. The average molecular weight is 391 g/mol. The molecule has 3 fully saturated rings. The summed E-state index contributed by atoms with van der Waals surface area (Å²) in [4.78, 5) is 19.5. The first-order valence-corrected chi connectivity index (χ1v) is 9.57. The highest BCUT2D eigenvalue weighted by Crippen LogP contribution is 2.31. The van der Waals surface area contributed by atoms with E-state index in [9.17, 15) is 9.90 Å². The van der Waals surface area contributed by atoms with Gasteiger partial charge in [-0.1, -0.05) is 18.7 Å². The molecule has 148 valence electrons. The predicted molar refractivity (Wildman–Crippen MR) is 109 cm³/mol. The lowest BCUT2D eigenvalue weighted by Crippen LogP contribution is -2.49. The number of anilines is 1. The van der Waals surface area contributed by atoms with Crippen LogP contribution in [0.15, 0.2) is 49.1 Å². The zero-order chi connectivity index (χ0) is 20.0. The number of morpholine rings is 1. The molecule has 2 N–H and O–H groups in total. The Bertz CT molecular complexity index is 1090. The fourth-order valence-electron chi connectivity index (χ4n) is 4.09. The highest BCUT2D eigenvalue weighted by molar-refractivity contribution is 5.87. The Labute approximate surface area is 167 Å². The van der Waals surface area contributed by atoms with Gasteiger partial charge in [0.15, 0.2) is 5.65 Å². The molecule has 8 nitrogen and oxygen atoms in total. The number of nitrogens with one attached hydrogen (secondary N) is 1. The van der Waals surface area contributed by atoms with E-state index in [1.807, 2.05) is 24.3 Å². The van der Waals surface area contributed by atoms with Crippen LogP contribution in [0.2, 0.25) is 0 Å². The minimum atomic E-state index is -0.0674. The van der Waals surface area contributed by atoms with Gasteiger partial charge in [0, 0.05) is 30.6 Å². The summed E-state index contributed by atoms with van der Waals surface area (Å²) in [5.41, 5.74) is 1.94. The number of phenolic OH excluding ortho intramolecular Hbond substituents is 1. The molecule has 2 atom stereocenters. The number of hydrogen-bond acceptors (Lipinski definition) is 6. The van der Waals surface area contributed by atoms with Crippen LogP contribution in [0, 0.1) is 0 Å². The minimum Gasteiger partial charge on any atom is -0.507 e. The monoisotopic (exact) mass is 391 g/mol. The molecule has 0 spiro atoms. The lowest BCUT2D eigenvalue weighted by Gasteiger charge is -2.36. The highest BCUT2D eigenvalue weighted by atomic mass is 16.5. The van der Waals surface area contributed by atoms with Crippen molar-refractivity contribution in [2.45, 2.75) is 12.1 Å². The summed E-state index contributed by atoms with van der Waals surface area (Å²) in [6.45, 7) is 6.01. The summed E-state index contributed by atoms with van der Waals surface area (Å²) in [5, 5.41) is 19.6. The molecule has 0 aliphatic carbocycles. The van der Waals surface area contributed by atoms with Crippen LogP contribution in [-0.2, 0) is 9.53 Å². The Morgan fingerprint density at radius 2 is 2.10 bits per heavy atom. The third-order valence-electron chi connectivity index (χ3n) is 5.56. The van der Waals surface area contributed by atoms with Crippen molar-refractivity contribution in [2.24, 2.45) is 0 Å². The summed E-state index contributed by atoms with van der Waals surface area (Å²) >= 11 is 0. The van der Waals surface area contributed by atoms with Gasteiger partial charge >= 0.3 is 0 Å². The van der Waals surface area contributed by atoms with Crippen LogP contribution in [0.5, 0.6) is 5.75 Å². The SMILES string of the molecule is C=CC(=O)N1CC2CN(c3cc4cc(-c5ccccc5O)nnc4[nH]3)C(CO2)C1. The Kier molecular flexibility index (Phi) is 4.21. The number of para-hydroxylation sites is 1. The summed E-state index contributed by atoms with van der Waals surface area (Å²) in [7, 11) is 0. The van der Waals surface area contributed by atoms with E-state index >= 15 is 0 Å². The predicted octanol–water partition coefficient (Wildman–Crippen LogP) is 1.93. The number of ether oxygens (including phenoxy) is 1. The number of aromatic hydroxyl groups is 1. The number of H-pyrrole nitrogens is 1. The number of aromatic nitrogens is 3. The lowest BCUT2D eigenvalue weighted by atomic mass is 10.1. The largest absolute Gasteiger partial charge is 0.507 e. The van der Waals surface area contributed by atoms with Crippen LogP contribution in [0.3, 0.4) is 0 Å². The maximum absolute atomic E-state index is 12.1. The fraction of sp³-hybridized carbons (Fsp3) is 0.286. The third kappa shape index (κ3) is 3.11. The topological polar surface area (TPSA) is 94.6 Å². The van der Waals surface area contributed by atoms with Crippen molar-refractivity contribution < 1.29 is 14.6 Å². The molecule has 0 radical (unpaired) electrons. The van der Waals surface area contributed by atoms with Crippen LogP contribution in [0.1, 0.15) is 0 Å². The standard InChI is InChI=1S/C21H21N5O3/c1-2-20(28)25-9-14-12-29-15(10-25)11-26(14)19-8-13-7-17(23-24-21(13)22-19)16-5-3-4-6-18(16)27/h2-8,14-15,27H,1,9-12H2,(H,22,24). The van der Waals surface area contributed by atoms with E-state index in [0.29, 0.717) is 43.1 Å². The zero-order valence-corrected chi connectivity index (χ0v) is 15.8. The van der Waals surface area contributed by atoms with Crippen molar-refractivity contribution in [2.75, 3.05) is 31.1 Å². The maximum atomic E-state index is 12.1. The first-order valence-electron chi connectivity index (χ1n) is 9.57. The number of hydrogen-bond donors (Lipinski definition) is 2. The van der Waals surface area contributed by atoms with Gasteiger partial charge in [-0.05, 0) is 30.3 Å². The van der Waals surface area contributed by atoms with E-state index in [0.717, 1.165) is 11.2 Å². The first kappa shape index (κ1) is 17.7. The number of rotatable bonds is 3. The summed E-state index contributed by atoms with van der Waals surface area (Å²) in [6, 6.07) is 11.1. The van der Waals surface area contributed by atoms with E-state index in [2.05, 4.69) is 26.7 Å². The van der Waals surface area contributed by atoms with Gasteiger partial charge in [-0.2, -0.15) is 0 Å². The maximum Gasteiger partial charge on any atom is 0.246 e. The normalized spacial score (nSPS) is 21.4. The molecule has 5 heterocycles. The van der Waals surface area contributed by atoms with E-state index < -0.39 is 0 Å². The summed E-state index contributed by atoms with van der Waals surface area (Å²) in [5.74, 6) is 1.03. The number of aromatic amines is 1. The van der Waals surface area contributed by atoms with Gasteiger partial charge in [0.25, 0.3) is 0 Å². The Hall–Kier alpha value is -3.39. The molecular weight excluding hydrogens is 370 g/mol. The quantitative estimate of drug-likeness (QED) is 0.663. The molecule has 3 aliphatic heterocycles. The van der Waals surface area contributed by atoms with Gasteiger partial charge < -0.3 is 24.6 Å². The van der Waals surface area contributed by atoms with Gasteiger partial charge in [0.1, 0.15) is 11.6 Å². The highest BCUT2D eigenvalue weighted by Gasteiger charge is 2.37. The molecule has 6 rings (SSSR count). The van der Waals surface area contributed by atoms with Gasteiger partial charge in [0.05, 0.1) is 24.4 Å². The van der Waals surface area contributed by atoms with Gasteiger partial charge in [-0.25, -0.2) is 0 Å². The van der Waals surface area contributed by atoms with Crippen LogP contribution in [0.4, 0.5) is 5.82 Å². The molecule has 29 heavy (non-hydrogen) atoms. The molecule has 3 saturated heterocycles. The Morgan fingerprint density at radius 1 is 1.24 bits per heavy atom. The van der Waals surface area contributed by atoms with Crippen molar-refractivity contribution in [3.05, 3.63) is 49.1 Å². The lowest BCUT2D eigenvalue weighted by molar-refractivity contribution is -0.126. The molecule has 3 aliphatic rings. The number of carbonyl (C=O) groups excluding carboxylic acids is 1. The number of benzene rings is 1. The molecule has 8 heteroatoms. The molecule has 1 amide bonds. The Morgan fingerprint density at radius 3 is 2.93 bits per heavy atom. The van der Waals surface area contributed by atoms with E-state index in [1.165, 1.54) is 6.08 Å². The second-order valence-corrected chi connectivity index (χ2v) is 7.41. The van der Waals surface area contributed by atoms with Crippen molar-refractivity contribution in [3.63, 3.8) is 0 Å². The fourth-order valence-corrected chi connectivity index (χ4v) is 4.09. The number of nitrogens with zero attached hydrogens (tertiary/aromatic N) is 4. The van der Waals surface area contributed by atoms with E-state index in [1.54, 1.807) is 17.0 Å². The van der Waals surface area contributed by atoms with Gasteiger partial charge in [-0.15, -0.1) is 10.2 Å². The number of fused-ring (bicyclic) bond motifs is 5. The number of carbonyl (C=O) groups is 1. The van der Waals surface area contributed by atoms with Crippen LogP contribution in [-0.4, -0.2) is 69.5 Å². The molecule has 2 unspecified atom stereocenters. The number of phenols is 1. The molecule has 0 saturated carbocycles. The van der Waals surface area contributed by atoms with Gasteiger partial charge in [0.2, 0.25) is 5.91 Å². The van der Waals surface area contributed by atoms with E-state index in [4.69, 9.17) is 4.74 Å². The van der Waals surface area contributed by atoms with Crippen molar-refractivity contribution in [3.8, 4) is 17.0 Å². The number of amides is 1. The minimum absolute atomic E-state index is 0.0491. The summed E-state index contributed by atoms with van der Waals surface area (Å²) < 4.78 is 5.90. The molecular formula is C21H21N5O3. The Balaban J connectivity index is 1.47. The van der Waals surface area contributed by atoms with Crippen molar-refractivity contribution in [1.82, 2.24) is 20.1 Å². The first-order chi connectivity index (χ1) is 14.1. The summed E-state index contributed by atoms with van der Waals surface area (Å²) in [6.07, 6.45) is 1.31. The third-order valence-corrected chi connectivity index (χ3v) is 5.56. The van der Waals surface area contributed by atoms with E-state index in [-0.39, 0.29) is 23.8 Å². The molecule has 2 aromatic heterocycles. The molecule has 2 bridgehead atoms. The van der Waals surface area contributed by atoms with Gasteiger partial charge in [-0.3, -0.25) is 4.79 Å². The molecule has 3 aromatic rings. The zero-order valence-electron chi connectivity index (χ0n) is 15.8. The van der Waals surface area contributed by atoms with Crippen molar-refractivity contribution in [1.29, 1.82) is 0 Å². The second-order valence-electron chi connectivity index (χ2n) is 7.41. The van der Waals surface area contributed by atoms with Crippen molar-refractivity contribution >= 4 is 22.8 Å². The van der Waals surface area contributed by atoms with Crippen LogP contribution in [0.25, 0.3) is 22.3 Å². The average Bonchev–Trinajstić information content (AvgIpc) is 2.94.